The minimum Gasteiger partial charge on any atom is -0.381 e. The van der Waals surface area contributed by atoms with E-state index in [9.17, 15) is 4.39 Å². The Labute approximate surface area is 132 Å². The summed E-state index contributed by atoms with van der Waals surface area (Å²) in [6.07, 6.45) is 6.19. The van der Waals surface area contributed by atoms with Crippen LogP contribution in [0.3, 0.4) is 0 Å². The minimum atomic E-state index is -0.156. The molecule has 2 fully saturated rings. The fourth-order valence-electron chi connectivity index (χ4n) is 3.81. The van der Waals surface area contributed by atoms with E-state index in [1.807, 2.05) is 6.07 Å². The third-order valence-corrected chi connectivity index (χ3v) is 5.12. The van der Waals surface area contributed by atoms with Crippen LogP contribution in [0.25, 0.3) is 0 Å². The van der Waals surface area contributed by atoms with Crippen LogP contribution >= 0.6 is 0 Å². The molecule has 122 valence electrons. The van der Waals surface area contributed by atoms with Gasteiger partial charge in [-0.15, -0.1) is 0 Å². The zero-order valence-corrected chi connectivity index (χ0v) is 13.3. The second kappa shape index (κ2) is 7.53. The van der Waals surface area contributed by atoms with E-state index in [0.717, 1.165) is 44.7 Å². The van der Waals surface area contributed by atoms with Crippen molar-refractivity contribution in [2.24, 2.45) is 0 Å². The quantitative estimate of drug-likeness (QED) is 0.905. The molecule has 2 saturated heterocycles. The molecular formula is C18H27FN2O. The van der Waals surface area contributed by atoms with E-state index >= 15 is 0 Å². The van der Waals surface area contributed by atoms with Crippen LogP contribution in [0.4, 0.5) is 4.39 Å². The molecule has 0 spiro atoms. The first kappa shape index (κ1) is 15.9. The summed E-state index contributed by atoms with van der Waals surface area (Å²) in [6, 6.07) is 6.87. The lowest BCUT2D eigenvalue weighted by atomic mass is 9.86. The Morgan fingerprint density at radius 3 is 2.64 bits per heavy atom. The van der Waals surface area contributed by atoms with Crippen LogP contribution in [-0.2, 0) is 11.3 Å². The lowest BCUT2D eigenvalue weighted by molar-refractivity contribution is -0.0358. The van der Waals surface area contributed by atoms with Crippen molar-refractivity contribution in [3.63, 3.8) is 0 Å². The molecule has 4 heteroatoms. The van der Waals surface area contributed by atoms with Gasteiger partial charge in [0.15, 0.2) is 0 Å². The van der Waals surface area contributed by atoms with Crippen LogP contribution in [0, 0.1) is 5.82 Å². The van der Waals surface area contributed by atoms with E-state index < -0.39 is 0 Å². The Balaban J connectivity index is 1.60. The SMILES string of the molecule is Fc1cccc(CNCC2(N3CCCCC3)CCOCC2)c1. The number of likely N-dealkylation sites (tertiary alicyclic amines) is 1. The minimum absolute atomic E-state index is 0.156. The maximum atomic E-state index is 13.3. The Morgan fingerprint density at radius 1 is 1.14 bits per heavy atom. The van der Waals surface area contributed by atoms with Gasteiger partial charge in [0.2, 0.25) is 0 Å². The first-order valence-corrected chi connectivity index (χ1v) is 8.57. The predicted octanol–water partition coefficient (Wildman–Crippen LogP) is 2.95. The molecule has 2 heterocycles. The number of nitrogens with one attached hydrogen (secondary N) is 1. The smallest absolute Gasteiger partial charge is 0.123 e. The van der Waals surface area contributed by atoms with E-state index in [-0.39, 0.29) is 11.4 Å². The Hall–Kier alpha value is -0.970. The predicted molar refractivity (Wildman–Crippen MR) is 86.3 cm³/mol. The molecule has 3 rings (SSSR count). The summed E-state index contributed by atoms with van der Waals surface area (Å²) >= 11 is 0. The van der Waals surface area contributed by atoms with Crippen LogP contribution < -0.4 is 5.32 Å². The summed E-state index contributed by atoms with van der Waals surface area (Å²) in [5.41, 5.74) is 1.24. The number of ether oxygens (including phenoxy) is 1. The normalized spacial score (nSPS) is 22.6. The second-order valence-electron chi connectivity index (χ2n) is 6.62. The molecule has 1 aromatic rings. The fraction of sp³-hybridized carbons (Fsp3) is 0.667. The van der Waals surface area contributed by atoms with Crippen molar-refractivity contribution >= 4 is 0 Å². The number of hydrogen-bond acceptors (Lipinski definition) is 3. The Kier molecular flexibility index (Phi) is 5.45. The molecule has 0 saturated carbocycles. The summed E-state index contributed by atoms with van der Waals surface area (Å²) in [7, 11) is 0. The lowest BCUT2D eigenvalue weighted by Gasteiger charge is -2.48. The fourth-order valence-corrected chi connectivity index (χ4v) is 3.81. The molecule has 0 radical (unpaired) electrons. The lowest BCUT2D eigenvalue weighted by Crippen LogP contribution is -2.59. The first-order valence-electron chi connectivity index (χ1n) is 8.57. The number of nitrogens with zero attached hydrogens (tertiary/aromatic N) is 1. The van der Waals surface area contributed by atoms with E-state index in [4.69, 9.17) is 4.74 Å². The van der Waals surface area contributed by atoms with Crippen molar-refractivity contribution in [2.75, 3.05) is 32.8 Å². The standard InChI is InChI=1S/C18H27FN2O/c19-17-6-4-5-16(13-17)14-20-15-18(7-11-22-12-8-18)21-9-2-1-3-10-21/h4-6,13,20H,1-3,7-12,14-15H2. The van der Waals surface area contributed by atoms with Crippen LogP contribution in [-0.4, -0.2) is 43.3 Å². The van der Waals surface area contributed by atoms with Gasteiger partial charge in [0.1, 0.15) is 5.82 Å². The van der Waals surface area contributed by atoms with Gasteiger partial charge in [-0.05, 0) is 56.5 Å². The Bertz CT molecular complexity index is 468. The largest absolute Gasteiger partial charge is 0.381 e. The number of halogens is 1. The molecule has 0 aromatic heterocycles. The van der Waals surface area contributed by atoms with Gasteiger partial charge in [0, 0.05) is 31.8 Å². The zero-order chi connectivity index (χ0) is 15.3. The van der Waals surface area contributed by atoms with Gasteiger partial charge >= 0.3 is 0 Å². The molecular weight excluding hydrogens is 279 g/mol. The van der Waals surface area contributed by atoms with E-state index in [1.165, 1.54) is 38.4 Å². The van der Waals surface area contributed by atoms with Gasteiger partial charge in [-0.3, -0.25) is 4.90 Å². The average Bonchev–Trinajstić information content (AvgIpc) is 2.57. The van der Waals surface area contributed by atoms with Crippen LogP contribution in [0.1, 0.15) is 37.7 Å². The first-order chi connectivity index (χ1) is 10.8. The van der Waals surface area contributed by atoms with Gasteiger partial charge in [0.05, 0.1) is 0 Å². The number of piperidine rings is 1. The van der Waals surface area contributed by atoms with E-state index in [2.05, 4.69) is 10.2 Å². The van der Waals surface area contributed by atoms with Crippen molar-refractivity contribution in [1.29, 1.82) is 0 Å². The van der Waals surface area contributed by atoms with Gasteiger partial charge in [0.25, 0.3) is 0 Å². The molecule has 0 atom stereocenters. The van der Waals surface area contributed by atoms with Crippen LogP contribution in [0.2, 0.25) is 0 Å². The van der Waals surface area contributed by atoms with Crippen molar-refractivity contribution in [3.05, 3.63) is 35.6 Å². The van der Waals surface area contributed by atoms with E-state index in [0.29, 0.717) is 0 Å². The number of rotatable bonds is 5. The molecule has 0 bridgehead atoms. The van der Waals surface area contributed by atoms with Crippen molar-refractivity contribution in [3.8, 4) is 0 Å². The number of benzene rings is 1. The van der Waals surface area contributed by atoms with Gasteiger partial charge < -0.3 is 10.1 Å². The average molecular weight is 306 g/mol. The van der Waals surface area contributed by atoms with Crippen molar-refractivity contribution < 1.29 is 9.13 Å². The summed E-state index contributed by atoms with van der Waals surface area (Å²) in [5, 5.41) is 3.57. The van der Waals surface area contributed by atoms with Gasteiger partial charge in [-0.25, -0.2) is 4.39 Å². The van der Waals surface area contributed by atoms with E-state index in [1.54, 1.807) is 12.1 Å². The molecule has 0 amide bonds. The molecule has 3 nitrogen and oxygen atoms in total. The molecule has 2 aliphatic heterocycles. The van der Waals surface area contributed by atoms with Crippen LogP contribution in [0.15, 0.2) is 24.3 Å². The third kappa shape index (κ3) is 3.86. The maximum Gasteiger partial charge on any atom is 0.123 e. The number of hydrogen-bond donors (Lipinski definition) is 1. The molecule has 0 aliphatic carbocycles. The Morgan fingerprint density at radius 2 is 1.91 bits per heavy atom. The second-order valence-corrected chi connectivity index (χ2v) is 6.62. The van der Waals surface area contributed by atoms with Gasteiger partial charge in [-0.2, -0.15) is 0 Å². The van der Waals surface area contributed by atoms with Crippen molar-refractivity contribution in [1.82, 2.24) is 10.2 Å². The summed E-state index contributed by atoms with van der Waals surface area (Å²) in [6.45, 7) is 5.83. The third-order valence-electron chi connectivity index (χ3n) is 5.12. The molecule has 22 heavy (non-hydrogen) atoms. The maximum absolute atomic E-state index is 13.3. The highest BCUT2D eigenvalue weighted by molar-refractivity contribution is 5.16. The highest BCUT2D eigenvalue weighted by Gasteiger charge is 2.38. The zero-order valence-electron chi connectivity index (χ0n) is 13.3. The van der Waals surface area contributed by atoms with Gasteiger partial charge in [-0.1, -0.05) is 18.6 Å². The summed E-state index contributed by atoms with van der Waals surface area (Å²) in [5.74, 6) is -0.156. The molecule has 1 N–H and O–H groups in total. The highest BCUT2D eigenvalue weighted by atomic mass is 19.1. The van der Waals surface area contributed by atoms with Crippen molar-refractivity contribution in [2.45, 2.75) is 44.2 Å². The summed E-state index contributed by atoms with van der Waals surface area (Å²) < 4.78 is 18.9. The van der Waals surface area contributed by atoms with Crippen LogP contribution in [0.5, 0.6) is 0 Å². The topological polar surface area (TPSA) is 24.5 Å². The summed E-state index contributed by atoms with van der Waals surface area (Å²) in [4.78, 5) is 2.68. The monoisotopic (exact) mass is 306 g/mol. The highest BCUT2D eigenvalue weighted by Crippen LogP contribution is 2.30. The molecule has 2 aliphatic rings. The molecule has 1 aromatic carbocycles. The molecule has 0 unspecified atom stereocenters.